The van der Waals surface area contributed by atoms with Crippen LogP contribution in [0.25, 0.3) is 33.7 Å². The van der Waals surface area contributed by atoms with Crippen LogP contribution >= 0.6 is 0 Å². The first-order chi connectivity index (χ1) is 17.6. The number of nitrogens with zero attached hydrogens (tertiary/aromatic N) is 4. The highest BCUT2D eigenvalue weighted by atomic mass is 16.6. The molecule has 0 radical (unpaired) electrons. The summed E-state index contributed by atoms with van der Waals surface area (Å²) in [6, 6.07) is 14.7. The van der Waals surface area contributed by atoms with Gasteiger partial charge in [-0.2, -0.15) is 4.98 Å². The Bertz CT molecular complexity index is 1420. The number of esters is 1. The van der Waals surface area contributed by atoms with Crippen LogP contribution in [0.1, 0.15) is 45.7 Å². The average molecular weight is 501 g/mol. The standard InChI is InChI=1S/C30H36N4O3/c1-19(2)15-34-12-11-22-14-23(8-10-26(22)34)28-31-27(32-37-28)25-9-7-21(13-20(25)3)16-33-17-24(18-33)29(35)36-30(4,5)6/h7-14,19,24H,15-18H2,1-6H3. The maximum Gasteiger partial charge on any atom is 0.312 e. The number of aromatic nitrogens is 3. The Hall–Kier alpha value is -3.45. The van der Waals surface area contributed by atoms with Crippen molar-refractivity contribution in [2.75, 3.05) is 13.1 Å². The van der Waals surface area contributed by atoms with Crippen LogP contribution in [-0.4, -0.2) is 44.3 Å². The van der Waals surface area contributed by atoms with Gasteiger partial charge in [-0.1, -0.05) is 37.2 Å². The van der Waals surface area contributed by atoms with Gasteiger partial charge < -0.3 is 13.8 Å². The van der Waals surface area contributed by atoms with Crippen molar-refractivity contribution in [2.24, 2.45) is 11.8 Å². The fourth-order valence-electron chi connectivity index (χ4n) is 4.90. The molecule has 0 N–H and O–H groups in total. The van der Waals surface area contributed by atoms with Gasteiger partial charge in [-0.05, 0) is 69.0 Å². The molecule has 194 valence electrons. The number of ether oxygens (including phenoxy) is 1. The first kappa shape index (κ1) is 25.2. The van der Waals surface area contributed by atoms with E-state index in [1.807, 2.05) is 26.8 Å². The van der Waals surface area contributed by atoms with Gasteiger partial charge in [-0.3, -0.25) is 9.69 Å². The van der Waals surface area contributed by atoms with Crippen molar-refractivity contribution in [2.45, 2.75) is 60.2 Å². The maximum absolute atomic E-state index is 12.2. The van der Waals surface area contributed by atoms with Crippen molar-refractivity contribution in [1.29, 1.82) is 0 Å². The van der Waals surface area contributed by atoms with Gasteiger partial charge in [-0.25, -0.2) is 0 Å². The first-order valence-corrected chi connectivity index (χ1v) is 13.0. The van der Waals surface area contributed by atoms with Gasteiger partial charge in [0, 0.05) is 54.4 Å². The van der Waals surface area contributed by atoms with Crippen molar-refractivity contribution in [3.8, 4) is 22.8 Å². The smallest absolute Gasteiger partial charge is 0.312 e. The number of carbonyl (C=O) groups is 1. The number of benzene rings is 2. The molecule has 1 saturated heterocycles. The van der Waals surface area contributed by atoms with Crippen LogP contribution in [0.15, 0.2) is 53.2 Å². The summed E-state index contributed by atoms with van der Waals surface area (Å²) in [6.07, 6.45) is 2.14. The third-order valence-electron chi connectivity index (χ3n) is 6.64. The number of hydrogen-bond donors (Lipinski definition) is 0. The van der Waals surface area contributed by atoms with Crippen LogP contribution in [-0.2, 0) is 22.6 Å². The molecule has 1 aliphatic heterocycles. The summed E-state index contributed by atoms with van der Waals surface area (Å²) in [5.41, 5.74) is 4.94. The second kappa shape index (κ2) is 9.78. The van der Waals surface area contributed by atoms with E-state index in [9.17, 15) is 4.79 Å². The van der Waals surface area contributed by atoms with Crippen molar-refractivity contribution in [3.63, 3.8) is 0 Å². The number of likely N-dealkylation sites (tertiary alicyclic amines) is 1. The highest BCUT2D eigenvalue weighted by molar-refractivity contribution is 5.84. The van der Waals surface area contributed by atoms with Gasteiger partial charge in [-0.15, -0.1) is 0 Å². The average Bonchev–Trinajstić information content (AvgIpc) is 3.42. The van der Waals surface area contributed by atoms with Gasteiger partial charge in [0.1, 0.15) is 5.60 Å². The molecule has 1 fully saturated rings. The molecule has 7 heteroatoms. The third-order valence-corrected chi connectivity index (χ3v) is 6.64. The zero-order valence-electron chi connectivity index (χ0n) is 22.6. The molecule has 2 aromatic carbocycles. The molecule has 4 aromatic rings. The first-order valence-electron chi connectivity index (χ1n) is 13.0. The summed E-state index contributed by atoms with van der Waals surface area (Å²) in [4.78, 5) is 19.2. The molecule has 7 nitrogen and oxygen atoms in total. The molecule has 0 aliphatic carbocycles. The second-order valence-corrected chi connectivity index (χ2v) is 11.6. The zero-order chi connectivity index (χ0) is 26.3. The topological polar surface area (TPSA) is 73.4 Å². The largest absolute Gasteiger partial charge is 0.460 e. The molecule has 37 heavy (non-hydrogen) atoms. The molecule has 0 saturated carbocycles. The number of aryl methyl sites for hydroxylation is 1. The quantitative estimate of drug-likeness (QED) is 0.286. The Morgan fingerprint density at radius 3 is 2.62 bits per heavy atom. The highest BCUT2D eigenvalue weighted by Crippen LogP contribution is 2.29. The van der Waals surface area contributed by atoms with E-state index in [0.29, 0.717) is 17.6 Å². The minimum absolute atomic E-state index is 0.0367. The lowest BCUT2D eigenvalue weighted by molar-refractivity contribution is -0.166. The van der Waals surface area contributed by atoms with Crippen LogP contribution in [0.3, 0.4) is 0 Å². The summed E-state index contributed by atoms with van der Waals surface area (Å²) < 4.78 is 13.4. The molecule has 0 amide bonds. The molecule has 0 spiro atoms. The Labute approximate surface area is 218 Å². The summed E-state index contributed by atoms with van der Waals surface area (Å²) in [7, 11) is 0. The van der Waals surface area contributed by atoms with E-state index < -0.39 is 5.60 Å². The van der Waals surface area contributed by atoms with Crippen LogP contribution < -0.4 is 0 Å². The van der Waals surface area contributed by atoms with E-state index in [4.69, 9.17) is 14.2 Å². The molecule has 3 heterocycles. The monoisotopic (exact) mass is 500 g/mol. The van der Waals surface area contributed by atoms with Crippen LogP contribution in [0.5, 0.6) is 0 Å². The molecular weight excluding hydrogens is 464 g/mol. The summed E-state index contributed by atoms with van der Waals surface area (Å²) in [6.45, 7) is 15.5. The lowest BCUT2D eigenvalue weighted by atomic mass is 9.98. The fraction of sp³-hybridized carbons (Fsp3) is 0.433. The fourth-order valence-corrected chi connectivity index (χ4v) is 4.90. The van der Waals surface area contributed by atoms with E-state index >= 15 is 0 Å². The molecule has 0 unspecified atom stereocenters. The summed E-state index contributed by atoms with van der Waals surface area (Å²) in [5, 5.41) is 5.44. The molecule has 1 aliphatic rings. The van der Waals surface area contributed by atoms with E-state index in [1.165, 1.54) is 16.5 Å². The third kappa shape index (κ3) is 5.62. The highest BCUT2D eigenvalue weighted by Gasteiger charge is 2.35. The number of rotatable bonds is 7. The van der Waals surface area contributed by atoms with Gasteiger partial charge in [0.25, 0.3) is 5.89 Å². The normalized spacial score (nSPS) is 14.9. The molecule has 0 bridgehead atoms. The maximum atomic E-state index is 12.2. The van der Waals surface area contributed by atoms with Crippen molar-refractivity contribution in [3.05, 3.63) is 59.8 Å². The lowest BCUT2D eigenvalue weighted by Crippen LogP contribution is -2.51. The van der Waals surface area contributed by atoms with Crippen molar-refractivity contribution < 1.29 is 14.1 Å². The van der Waals surface area contributed by atoms with E-state index in [0.717, 1.165) is 42.9 Å². The van der Waals surface area contributed by atoms with Crippen LogP contribution in [0.2, 0.25) is 0 Å². The molecular formula is C30H36N4O3. The Kier molecular flexibility index (Phi) is 6.67. The van der Waals surface area contributed by atoms with Gasteiger partial charge in [0.2, 0.25) is 5.82 Å². The number of fused-ring (bicyclic) bond motifs is 1. The van der Waals surface area contributed by atoms with E-state index in [2.05, 4.69) is 78.0 Å². The van der Waals surface area contributed by atoms with Crippen molar-refractivity contribution in [1.82, 2.24) is 19.6 Å². The van der Waals surface area contributed by atoms with E-state index in [1.54, 1.807) is 0 Å². The SMILES string of the molecule is Cc1cc(CN2CC(C(=O)OC(C)(C)C)C2)ccc1-c1noc(-c2ccc3c(ccn3CC(C)C)c2)n1. The van der Waals surface area contributed by atoms with Gasteiger partial charge in [0.15, 0.2) is 0 Å². The zero-order valence-corrected chi connectivity index (χ0v) is 22.6. The van der Waals surface area contributed by atoms with Gasteiger partial charge in [0.05, 0.1) is 5.92 Å². The minimum atomic E-state index is -0.439. The summed E-state index contributed by atoms with van der Waals surface area (Å²) in [5.74, 6) is 1.56. The number of hydrogen-bond acceptors (Lipinski definition) is 6. The lowest BCUT2D eigenvalue weighted by Gasteiger charge is -2.38. The predicted octanol–water partition coefficient (Wildman–Crippen LogP) is 6.10. The molecule has 5 rings (SSSR count). The second-order valence-electron chi connectivity index (χ2n) is 11.6. The minimum Gasteiger partial charge on any atom is -0.460 e. The van der Waals surface area contributed by atoms with Crippen LogP contribution in [0, 0.1) is 18.8 Å². The molecule has 2 aromatic heterocycles. The summed E-state index contributed by atoms with van der Waals surface area (Å²) >= 11 is 0. The Morgan fingerprint density at radius 2 is 1.92 bits per heavy atom. The Balaban J connectivity index is 1.24. The Morgan fingerprint density at radius 1 is 1.14 bits per heavy atom. The van der Waals surface area contributed by atoms with Crippen molar-refractivity contribution >= 4 is 16.9 Å². The van der Waals surface area contributed by atoms with Crippen LogP contribution in [0.4, 0.5) is 0 Å². The van der Waals surface area contributed by atoms with Gasteiger partial charge >= 0.3 is 5.97 Å². The number of carbonyl (C=O) groups excluding carboxylic acids is 1. The predicted molar refractivity (Wildman–Crippen MR) is 145 cm³/mol. The van der Waals surface area contributed by atoms with E-state index in [-0.39, 0.29) is 11.9 Å². The molecule has 0 atom stereocenters.